The average Bonchev–Trinajstić information content (AvgIpc) is 2.75. The second kappa shape index (κ2) is 11.6. The number of nitrogens with zero attached hydrogens (tertiary/aromatic N) is 3. The Morgan fingerprint density at radius 2 is 2.13 bits per heavy atom. The van der Waals surface area contributed by atoms with Crippen LogP contribution in [0.25, 0.3) is 0 Å². The summed E-state index contributed by atoms with van der Waals surface area (Å²) in [6.07, 6.45) is 6.48. The number of benzene rings is 1. The van der Waals surface area contributed by atoms with Crippen molar-refractivity contribution in [3.63, 3.8) is 0 Å². The summed E-state index contributed by atoms with van der Waals surface area (Å²) in [7, 11) is 0. The number of nitrogens with one attached hydrogen (secondary N) is 4. The van der Waals surface area contributed by atoms with Crippen molar-refractivity contribution < 1.29 is 4.79 Å². The molecule has 0 bridgehead atoms. The normalized spacial score (nSPS) is 12.9. The summed E-state index contributed by atoms with van der Waals surface area (Å²) in [6, 6.07) is 5.55. The van der Waals surface area contributed by atoms with Crippen molar-refractivity contribution in [2.24, 2.45) is 16.6 Å². The Kier molecular flexibility index (Phi) is 8.89. The summed E-state index contributed by atoms with van der Waals surface area (Å²) < 4.78 is 0. The molecule has 1 amide bonds. The molecule has 31 heavy (non-hydrogen) atoms. The number of nitrogens with two attached hydrogens (primary N) is 2. The largest absolute Gasteiger partial charge is 0.365 e. The second-order valence-corrected chi connectivity index (χ2v) is 7.14. The van der Waals surface area contributed by atoms with Gasteiger partial charge >= 0.3 is 0 Å². The molecule has 0 aliphatic carbocycles. The van der Waals surface area contributed by atoms with Gasteiger partial charge in [0.2, 0.25) is 5.95 Å². The topological polar surface area (TPSA) is 167 Å². The number of carbonyl (C=O) groups excluding carboxylic acids is 1. The minimum atomic E-state index is -0.634. The van der Waals surface area contributed by atoms with E-state index in [-0.39, 0.29) is 17.6 Å². The van der Waals surface area contributed by atoms with Crippen LogP contribution in [0.5, 0.6) is 0 Å². The van der Waals surface area contributed by atoms with Gasteiger partial charge in [0, 0.05) is 30.2 Å². The zero-order valence-corrected chi connectivity index (χ0v) is 18.1. The third-order valence-electron chi connectivity index (χ3n) is 4.79. The first-order valence-corrected chi connectivity index (χ1v) is 10.2. The summed E-state index contributed by atoms with van der Waals surface area (Å²) in [5.41, 5.74) is 17.2. The number of aromatic nitrogens is 2. The number of rotatable bonds is 12. The lowest BCUT2D eigenvalue weighted by Gasteiger charge is -2.24. The van der Waals surface area contributed by atoms with Crippen molar-refractivity contribution in [2.75, 3.05) is 16.1 Å². The molecular formula is C21H31N9O. The van der Waals surface area contributed by atoms with Gasteiger partial charge in [0.15, 0.2) is 0 Å². The van der Waals surface area contributed by atoms with Crippen molar-refractivity contribution in [3.05, 3.63) is 35.5 Å². The van der Waals surface area contributed by atoms with E-state index in [1.165, 1.54) is 12.4 Å². The minimum absolute atomic E-state index is 0.0177. The van der Waals surface area contributed by atoms with Crippen molar-refractivity contribution in [2.45, 2.75) is 52.1 Å². The van der Waals surface area contributed by atoms with E-state index in [0.29, 0.717) is 17.5 Å². The van der Waals surface area contributed by atoms with Gasteiger partial charge in [-0.25, -0.2) is 4.98 Å². The van der Waals surface area contributed by atoms with Crippen LogP contribution in [0.15, 0.2) is 29.5 Å². The Morgan fingerprint density at radius 3 is 2.77 bits per heavy atom. The molecule has 8 N–H and O–H groups in total. The second-order valence-electron chi connectivity index (χ2n) is 7.14. The van der Waals surface area contributed by atoms with Crippen LogP contribution >= 0.6 is 0 Å². The van der Waals surface area contributed by atoms with Gasteiger partial charge in [-0.2, -0.15) is 10.1 Å². The molecule has 2 atom stereocenters. The van der Waals surface area contributed by atoms with E-state index in [9.17, 15) is 4.79 Å². The van der Waals surface area contributed by atoms with E-state index >= 15 is 0 Å². The number of primary amides is 1. The Labute approximate surface area is 182 Å². The molecule has 10 heteroatoms. The maximum absolute atomic E-state index is 11.9. The number of carbonyl (C=O) groups is 1. The van der Waals surface area contributed by atoms with Gasteiger partial charge in [-0.15, -0.1) is 0 Å². The molecule has 1 heterocycles. The van der Waals surface area contributed by atoms with Crippen molar-refractivity contribution >= 4 is 41.5 Å². The summed E-state index contributed by atoms with van der Waals surface area (Å²) >= 11 is 0. The fourth-order valence-corrected chi connectivity index (χ4v) is 2.98. The van der Waals surface area contributed by atoms with E-state index < -0.39 is 5.91 Å². The highest BCUT2D eigenvalue weighted by Gasteiger charge is 2.18. The lowest BCUT2D eigenvalue weighted by molar-refractivity contribution is 0.100. The zero-order chi connectivity index (χ0) is 22.8. The Bertz CT molecular complexity index is 929. The van der Waals surface area contributed by atoms with E-state index in [0.717, 1.165) is 36.7 Å². The third-order valence-corrected chi connectivity index (χ3v) is 4.79. The van der Waals surface area contributed by atoms with Gasteiger partial charge in [-0.1, -0.05) is 26.3 Å². The van der Waals surface area contributed by atoms with Gasteiger partial charge in [-0.05, 0) is 37.5 Å². The molecule has 0 spiro atoms. The fourth-order valence-electron chi connectivity index (χ4n) is 2.98. The van der Waals surface area contributed by atoms with Crippen LogP contribution in [0.3, 0.4) is 0 Å². The Balaban J connectivity index is 2.33. The Hall–Kier alpha value is -3.53. The molecule has 0 radical (unpaired) electrons. The van der Waals surface area contributed by atoms with Crippen molar-refractivity contribution in [1.29, 1.82) is 5.41 Å². The van der Waals surface area contributed by atoms with Crippen LogP contribution in [0.4, 0.5) is 23.1 Å². The predicted molar refractivity (Wildman–Crippen MR) is 126 cm³/mol. The molecule has 1 aromatic carbocycles. The van der Waals surface area contributed by atoms with Crippen LogP contribution < -0.4 is 27.5 Å². The first kappa shape index (κ1) is 23.7. The SMILES string of the molecule is CCC[C@@H](Nc1ncc(C(N)=O)c(Nc2ccc(C)c(N/N=C\C=N)c2)n1)[C@@H](N)CC. The number of hydrogen-bond donors (Lipinski definition) is 6. The molecule has 0 saturated heterocycles. The highest BCUT2D eigenvalue weighted by atomic mass is 16.1. The highest BCUT2D eigenvalue weighted by Crippen LogP contribution is 2.25. The molecule has 1 aromatic heterocycles. The fraction of sp³-hybridized carbons (Fsp3) is 0.381. The summed E-state index contributed by atoms with van der Waals surface area (Å²) in [4.78, 5) is 20.6. The van der Waals surface area contributed by atoms with E-state index in [2.05, 4.69) is 38.1 Å². The lowest BCUT2D eigenvalue weighted by atomic mass is 10.0. The third kappa shape index (κ3) is 6.75. The standard InChI is InChI=1S/C21H31N9O/c1-4-6-17(16(23)5-2)28-21-25-12-15(19(24)31)20(29-21)27-14-8-7-13(3)18(11-14)30-26-10-9-22/h7-12,16-17,22,30H,4-6,23H2,1-3H3,(H2,24,31)(H2,25,27,28,29)/b22-9?,26-10-/t16-,17+/m0/s1. The predicted octanol–water partition coefficient (Wildman–Crippen LogP) is 2.99. The number of amides is 1. The van der Waals surface area contributed by atoms with Crippen LogP contribution in [0.2, 0.25) is 0 Å². The van der Waals surface area contributed by atoms with Crippen molar-refractivity contribution in [3.8, 4) is 0 Å². The van der Waals surface area contributed by atoms with Gasteiger partial charge in [0.1, 0.15) is 11.4 Å². The summed E-state index contributed by atoms with van der Waals surface area (Å²) in [5, 5.41) is 17.4. The van der Waals surface area contributed by atoms with E-state index in [1.807, 2.05) is 32.0 Å². The van der Waals surface area contributed by atoms with Crippen LogP contribution in [0.1, 0.15) is 49.0 Å². The number of hydrazone groups is 1. The van der Waals surface area contributed by atoms with Gasteiger partial charge in [-0.3, -0.25) is 10.2 Å². The quantitative estimate of drug-likeness (QED) is 0.224. The monoisotopic (exact) mass is 425 g/mol. The molecule has 0 fully saturated rings. The minimum Gasteiger partial charge on any atom is -0.365 e. The molecule has 0 aliphatic rings. The van der Waals surface area contributed by atoms with Crippen LogP contribution in [-0.4, -0.2) is 40.4 Å². The van der Waals surface area contributed by atoms with Gasteiger partial charge in [0.25, 0.3) is 5.91 Å². The lowest BCUT2D eigenvalue weighted by Crippen LogP contribution is -2.40. The maximum Gasteiger partial charge on any atom is 0.254 e. The molecule has 2 rings (SSSR count). The molecule has 166 valence electrons. The molecule has 0 aliphatic heterocycles. The Morgan fingerprint density at radius 1 is 1.35 bits per heavy atom. The molecular weight excluding hydrogens is 394 g/mol. The average molecular weight is 426 g/mol. The number of aryl methyl sites for hydroxylation is 1. The smallest absolute Gasteiger partial charge is 0.254 e. The summed E-state index contributed by atoms with van der Waals surface area (Å²) in [5.74, 6) is 0.0319. The highest BCUT2D eigenvalue weighted by molar-refractivity contribution is 6.14. The van der Waals surface area contributed by atoms with E-state index in [4.69, 9.17) is 16.9 Å². The zero-order valence-electron chi connectivity index (χ0n) is 18.1. The van der Waals surface area contributed by atoms with E-state index in [1.54, 1.807) is 0 Å². The van der Waals surface area contributed by atoms with Crippen molar-refractivity contribution in [1.82, 2.24) is 9.97 Å². The molecule has 0 unspecified atom stereocenters. The number of anilines is 4. The molecule has 2 aromatic rings. The first-order valence-electron chi connectivity index (χ1n) is 10.2. The first-order chi connectivity index (χ1) is 14.9. The molecule has 0 saturated carbocycles. The summed E-state index contributed by atoms with van der Waals surface area (Å²) in [6.45, 7) is 6.06. The van der Waals surface area contributed by atoms with Gasteiger partial charge < -0.3 is 27.5 Å². The van der Waals surface area contributed by atoms with Crippen LogP contribution in [-0.2, 0) is 0 Å². The van der Waals surface area contributed by atoms with Gasteiger partial charge in [0.05, 0.1) is 11.9 Å². The molecule has 10 nitrogen and oxygen atoms in total. The maximum atomic E-state index is 11.9. The van der Waals surface area contributed by atoms with Crippen LogP contribution in [0, 0.1) is 12.3 Å². The number of hydrogen-bond acceptors (Lipinski definition) is 9.